The van der Waals surface area contributed by atoms with E-state index in [1.807, 2.05) is 0 Å². The molecule has 2 aromatic carbocycles. The number of hydrogen-bond donors (Lipinski definition) is 1. The fourth-order valence-electron chi connectivity index (χ4n) is 2.60. The average molecular weight is 325 g/mol. The summed E-state index contributed by atoms with van der Waals surface area (Å²) in [5, 5.41) is 13.5. The van der Waals surface area contributed by atoms with Gasteiger partial charge >= 0.3 is 0 Å². The summed E-state index contributed by atoms with van der Waals surface area (Å²) in [6.45, 7) is 1.98. The van der Waals surface area contributed by atoms with E-state index in [1.165, 1.54) is 29.2 Å². The molecule has 0 saturated carbocycles. The van der Waals surface area contributed by atoms with Crippen molar-refractivity contribution in [3.8, 4) is 0 Å². The molecule has 7 nitrogen and oxygen atoms in total. The average Bonchev–Trinajstić information content (AvgIpc) is 2.71. The molecule has 3 rings (SSSR count). The van der Waals surface area contributed by atoms with Crippen LogP contribution in [0.3, 0.4) is 0 Å². The Morgan fingerprint density at radius 3 is 2.54 bits per heavy atom. The van der Waals surface area contributed by atoms with Gasteiger partial charge in [0.15, 0.2) is 0 Å². The van der Waals surface area contributed by atoms with E-state index in [4.69, 9.17) is 0 Å². The Morgan fingerprint density at radius 2 is 1.88 bits per heavy atom. The number of hydrogen-bond acceptors (Lipinski definition) is 4. The summed E-state index contributed by atoms with van der Waals surface area (Å²) < 4.78 is 0. The van der Waals surface area contributed by atoms with Crippen molar-refractivity contribution in [3.05, 3.63) is 64.2 Å². The van der Waals surface area contributed by atoms with Gasteiger partial charge in [-0.25, -0.2) is 0 Å². The monoisotopic (exact) mass is 325 g/mol. The van der Waals surface area contributed by atoms with E-state index >= 15 is 0 Å². The number of carbonyl (C=O) groups is 2. The van der Waals surface area contributed by atoms with E-state index in [0.29, 0.717) is 16.9 Å². The van der Waals surface area contributed by atoms with Crippen molar-refractivity contribution in [1.29, 1.82) is 0 Å². The van der Waals surface area contributed by atoms with E-state index in [9.17, 15) is 19.7 Å². The van der Waals surface area contributed by atoms with Gasteiger partial charge in [-0.3, -0.25) is 19.7 Å². The topological polar surface area (TPSA) is 92.6 Å². The van der Waals surface area contributed by atoms with Crippen molar-refractivity contribution < 1.29 is 14.5 Å². The number of anilines is 2. The summed E-state index contributed by atoms with van der Waals surface area (Å²) in [4.78, 5) is 36.7. The van der Waals surface area contributed by atoms with Gasteiger partial charge in [0, 0.05) is 24.2 Å². The highest BCUT2D eigenvalue weighted by Gasteiger charge is 2.29. The lowest BCUT2D eigenvalue weighted by Crippen LogP contribution is -2.35. The molecule has 2 aromatic rings. The molecule has 0 aliphatic carbocycles. The van der Waals surface area contributed by atoms with Crippen LogP contribution in [-0.4, -0.2) is 23.3 Å². The van der Waals surface area contributed by atoms with Crippen molar-refractivity contribution in [2.75, 3.05) is 16.8 Å². The third kappa shape index (κ3) is 2.83. The van der Waals surface area contributed by atoms with Gasteiger partial charge in [0.05, 0.1) is 22.2 Å². The lowest BCUT2D eigenvalue weighted by Gasteiger charge is -2.23. The summed E-state index contributed by atoms with van der Waals surface area (Å²) in [7, 11) is 0. The summed E-state index contributed by atoms with van der Waals surface area (Å²) in [6, 6.07) is 12.5. The largest absolute Gasteiger partial charge is 0.324 e. The molecule has 0 fully saturated rings. The molecule has 1 heterocycles. The second kappa shape index (κ2) is 6.11. The van der Waals surface area contributed by atoms with Gasteiger partial charge in [0.1, 0.15) is 0 Å². The molecule has 1 N–H and O–H groups in total. The zero-order chi connectivity index (χ0) is 17.3. The van der Waals surface area contributed by atoms with Crippen LogP contribution in [0.15, 0.2) is 48.5 Å². The van der Waals surface area contributed by atoms with E-state index in [-0.39, 0.29) is 30.0 Å². The first-order valence-electron chi connectivity index (χ1n) is 7.43. The predicted octanol–water partition coefficient (Wildman–Crippen LogP) is 2.83. The molecule has 24 heavy (non-hydrogen) atoms. The van der Waals surface area contributed by atoms with Gasteiger partial charge in [0.2, 0.25) is 5.91 Å². The normalized spacial score (nSPS) is 16.8. The first-order chi connectivity index (χ1) is 11.5. The zero-order valence-electron chi connectivity index (χ0n) is 12.9. The van der Waals surface area contributed by atoms with Crippen LogP contribution >= 0.6 is 0 Å². The Bertz CT molecular complexity index is 817. The van der Waals surface area contributed by atoms with E-state index in [1.54, 1.807) is 31.2 Å². The molecule has 122 valence electrons. The number of para-hydroxylation sites is 2. The smallest absolute Gasteiger partial charge is 0.269 e. The third-order valence-electron chi connectivity index (χ3n) is 3.93. The van der Waals surface area contributed by atoms with Crippen LogP contribution in [0.1, 0.15) is 17.3 Å². The summed E-state index contributed by atoms with van der Waals surface area (Å²) in [6.07, 6.45) is 0. The number of benzene rings is 2. The minimum absolute atomic E-state index is 0.0759. The molecular weight excluding hydrogens is 310 g/mol. The van der Waals surface area contributed by atoms with Gasteiger partial charge in [0.25, 0.3) is 11.6 Å². The maximum atomic E-state index is 12.9. The van der Waals surface area contributed by atoms with Crippen LogP contribution in [-0.2, 0) is 4.79 Å². The van der Waals surface area contributed by atoms with Crippen molar-refractivity contribution in [1.82, 2.24) is 0 Å². The van der Waals surface area contributed by atoms with Gasteiger partial charge in [-0.1, -0.05) is 19.1 Å². The van der Waals surface area contributed by atoms with Crippen molar-refractivity contribution in [3.63, 3.8) is 0 Å². The Morgan fingerprint density at radius 1 is 1.21 bits per heavy atom. The first-order valence-corrected chi connectivity index (χ1v) is 7.43. The zero-order valence-corrected chi connectivity index (χ0v) is 12.9. The second-order valence-corrected chi connectivity index (χ2v) is 5.63. The van der Waals surface area contributed by atoms with E-state index < -0.39 is 4.92 Å². The molecule has 0 spiro atoms. The van der Waals surface area contributed by atoms with Crippen LogP contribution in [0.4, 0.5) is 17.1 Å². The molecule has 1 aliphatic heterocycles. The van der Waals surface area contributed by atoms with Crippen LogP contribution in [0.2, 0.25) is 0 Å². The maximum absolute atomic E-state index is 12.9. The number of rotatable bonds is 2. The summed E-state index contributed by atoms with van der Waals surface area (Å²) in [5.74, 6) is -0.832. The molecule has 1 atom stereocenters. The molecule has 0 saturated heterocycles. The minimum atomic E-state index is -0.514. The van der Waals surface area contributed by atoms with Crippen molar-refractivity contribution >= 4 is 28.9 Å². The predicted molar refractivity (Wildman–Crippen MR) is 89.0 cm³/mol. The second-order valence-electron chi connectivity index (χ2n) is 5.63. The SMILES string of the molecule is C[C@@H]1CN(C(=O)c2ccc([N+](=O)[O-])cc2)c2ccccc2NC1=O. The number of nitro groups is 1. The van der Waals surface area contributed by atoms with Gasteiger partial charge < -0.3 is 10.2 Å². The Kier molecular flexibility index (Phi) is 3.99. The Balaban J connectivity index is 1.98. The summed E-state index contributed by atoms with van der Waals surface area (Å²) in [5.41, 5.74) is 1.44. The first kappa shape index (κ1) is 15.7. The standard InChI is InChI=1S/C17H15N3O4/c1-11-10-19(15-5-3-2-4-14(15)18-16(11)21)17(22)12-6-8-13(9-7-12)20(23)24/h2-9,11H,10H2,1H3,(H,18,21)/t11-/m1/s1. The number of carbonyl (C=O) groups excluding carboxylic acids is 2. The Hall–Kier alpha value is -3.22. The molecular formula is C17H15N3O4. The maximum Gasteiger partial charge on any atom is 0.269 e. The fraction of sp³-hybridized carbons (Fsp3) is 0.176. The number of fused-ring (bicyclic) bond motifs is 1. The highest BCUT2D eigenvalue weighted by molar-refractivity contribution is 6.10. The van der Waals surface area contributed by atoms with E-state index in [2.05, 4.69) is 5.32 Å². The van der Waals surface area contributed by atoms with Gasteiger partial charge in [-0.05, 0) is 24.3 Å². The molecule has 0 aromatic heterocycles. The highest BCUT2D eigenvalue weighted by Crippen LogP contribution is 2.31. The number of nitrogens with zero attached hydrogens (tertiary/aromatic N) is 2. The van der Waals surface area contributed by atoms with Gasteiger partial charge in [-0.2, -0.15) is 0 Å². The fourth-order valence-corrected chi connectivity index (χ4v) is 2.60. The number of amides is 2. The molecule has 0 unspecified atom stereocenters. The lowest BCUT2D eigenvalue weighted by atomic mass is 10.1. The molecule has 0 bridgehead atoms. The number of nitrogens with one attached hydrogen (secondary N) is 1. The van der Waals surface area contributed by atoms with Crippen LogP contribution < -0.4 is 10.2 Å². The van der Waals surface area contributed by atoms with Crippen LogP contribution in [0.5, 0.6) is 0 Å². The van der Waals surface area contributed by atoms with Crippen molar-refractivity contribution in [2.24, 2.45) is 5.92 Å². The third-order valence-corrected chi connectivity index (χ3v) is 3.93. The minimum Gasteiger partial charge on any atom is -0.324 e. The molecule has 0 radical (unpaired) electrons. The molecule has 2 amide bonds. The number of non-ortho nitro benzene ring substituents is 1. The summed E-state index contributed by atoms with van der Waals surface area (Å²) >= 11 is 0. The van der Waals surface area contributed by atoms with Gasteiger partial charge in [-0.15, -0.1) is 0 Å². The highest BCUT2D eigenvalue weighted by atomic mass is 16.6. The quantitative estimate of drug-likeness (QED) is 0.679. The van der Waals surface area contributed by atoms with Crippen LogP contribution in [0, 0.1) is 16.0 Å². The number of nitro benzene ring substituents is 1. The van der Waals surface area contributed by atoms with Crippen molar-refractivity contribution in [2.45, 2.75) is 6.92 Å². The van der Waals surface area contributed by atoms with E-state index in [0.717, 1.165) is 0 Å². The van der Waals surface area contributed by atoms with Crippen LogP contribution in [0.25, 0.3) is 0 Å². The lowest BCUT2D eigenvalue weighted by molar-refractivity contribution is -0.384. The Labute approximate surface area is 138 Å². The molecule has 7 heteroatoms. The molecule has 1 aliphatic rings.